The lowest BCUT2D eigenvalue weighted by Crippen LogP contribution is -2.05. The molecule has 4 nitrogen and oxygen atoms in total. The summed E-state index contributed by atoms with van der Waals surface area (Å²) in [6.45, 7) is 1.98. The van der Waals surface area contributed by atoms with Crippen LogP contribution in [0.4, 0.5) is 13.2 Å². The topological polar surface area (TPSA) is 43.6 Å². The summed E-state index contributed by atoms with van der Waals surface area (Å²) < 4.78 is 41.1. The van der Waals surface area contributed by atoms with Crippen molar-refractivity contribution in [2.45, 2.75) is 19.5 Å². The number of aryl methyl sites for hydroxylation is 1. The maximum Gasteiger partial charge on any atom is 0.416 e. The van der Waals surface area contributed by atoms with Gasteiger partial charge in [-0.2, -0.15) is 18.3 Å². The number of rotatable bonds is 5. The molecule has 7 heteroatoms. The molecule has 35 heavy (non-hydrogen) atoms. The first kappa shape index (κ1) is 22.5. The normalized spacial score (nSPS) is 11.5. The largest absolute Gasteiger partial charge is 0.416 e. The second-order valence-corrected chi connectivity index (χ2v) is 8.37. The molecule has 0 aliphatic rings. The predicted molar refractivity (Wildman–Crippen MR) is 129 cm³/mol. The van der Waals surface area contributed by atoms with Gasteiger partial charge in [-0.25, -0.2) is 4.68 Å². The van der Waals surface area contributed by atoms with Crippen LogP contribution in [0.3, 0.4) is 0 Å². The molecule has 0 unspecified atom stereocenters. The number of halogens is 3. The molecule has 0 saturated carbocycles. The van der Waals surface area contributed by atoms with Gasteiger partial charge >= 0.3 is 6.18 Å². The second kappa shape index (κ2) is 9.18. The Labute approximate surface area is 200 Å². The van der Waals surface area contributed by atoms with Gasteiger partial charge in [0.15, 0.2) is 0 Å². The van der Waals surface area contributed by atoms with Crippen LogP contribution in [0.2, 0.25) is 0 Å². The third-order valence-corrected chi connectivity index (χ3v) is 5.85. The van der Waals surface area contributed by atoms with Gasteiger partial charge in [-0.1, -0.05) is 30.3 Å². The average Bonchev–Trinajstić information content (AvgIpc) is 3.36. The fourth-order valence-corrected chi connectivity index (χ4v) is 4.01. The lowest BCUT2D eigenvalue weighted by molar-refractivity contribution is -0.137. The average molecular weight is 470 g/mol. The molecule has 0 N–H and O–H groups in total. The molecule has 3 heterocycles. The molecule has 5 aromatic rings. The molecular weight excluding hydrogens is 449 g/mol. The lowest BCUT2D eigenvalue weighted by atomic mass is 10.0. The van der Waals surface area contributed by atoms with Crippen LogP contribution < -0.4 is 0 Å². The predicted octanol–water partition coefficient (Wildman–Crippen LogP) is 6.91. The Morgan fingerprint density at radius 2 is 1.49 bits per heavy atom. The van der Waals surface area contributed by atoms with Crippen molar-refractivity contribution in [2.75, 3.05) is 0 Å². The van der Waals surface area contributed by atoms with Crippen LogP contribution in [0.15, 0.2) is 97.8 Å². The maximum absolute atomic E-state index is 13.1. The third-order valence-electron chi connectivity index (χ3n) is 5.85. The van der Waals surface area contributed by atoms with E-state index in [-0.39, 0.29) is 0 Å². The number of pyridine rings is 2. The Morgan fingerprint density at radius 3 is 2.26 bits per heavy atom. The van der Waals surface area contributed by atoms with Gasteiger partial charge in [0.2, 0.25) is 0 Å². The summed E-state index contributed by atoms with van der Waals surface area (Å²) in [6, 6.07) is 17.2. The van der Waals surface area contributed by atoms with E-state index in [1.165, 1.54) is 12.1 Å². The van der Waals surface area contributed by atoms with Gasteiger partial charge in [0.25, 0.3) is 0 Å². The molecule has 0 aliphatic carbocycles. The van der Waals surface area contributed by atoms with E-state index in [0.29, 0.717) is 12.0 Å². The number of hydrogen-bond acceptors (Lipinski definition) is 3. The van der Waals surface area contributed by atoms with Crippen molar-refractivity contribution in [2.24, 2.45) is 0 Å². The van der Waals surface area contributed by atoms with Gasteiger partial charge in [-0.05, 0) is 65.9 Å². The first-order chi connectivity index (χ1) is 16.9. The van der Waals surface area contributed by atoms with E-state index in [4.69, 9.17) is 0 Å². The van der Waals surface area contributed by atoms with Gasteiger partial charge in [0.05, 0.1) is 17.4 Å². The summed E-state index contributed by atoms with van der Waals surface area (Å²) in [7, 11) is 0. The molecule has 0 amide bonds. The molecule has 0 spiro atoms. The standard InChI is InChI=1S/C28H21F3N4/c1-19-5-6-21(11-20-3-2-4-26(12-20)28(29,30)31)13-27(19)35-18-25(17-34-35)24-14-23(15-33-16-24)22-7-9-32-10-8-22/h2-10,12-18H,11H2,1H3. The zero-order valence-electron chi connectivity index (χ0n) is 18.9. The highest BCUT2D eigenvalue weighted by molar-refractivity contribution is 5.71. The van der Waals surface area contributed by atoms with Crippen molar-refractivity contribution in [3.8, 4) is 27.9 Å². The highest BCUT2D eigenvalue weighted by Gasteiger charge is 2.30. The molecule has 5 rings (SSSR count). The van der Waals surface area contributed by atoms with Crippen LogP contribution in [-0.2, 0) is 12.6 Å². The van der Waals surface area contributed by atoms with E-state index in [9.17, 15) is 13.2 Å². The number of alkyl halides is 3. The Hall–Kier alpha value is -4.26. The Kier molecular flexibility index (Phi) is 5.91. The molecule has 3 aromatic heterocycles. The van der Waals surface area contributed by atoms with Gasteiger partial charge in [-0.3, -0.25) is 9.97 Å². The number of hydrogen-bond donors (Lipinski definition) is 0. The third kappa shape index (κ3) is 4.99. The monoisotopic (exact) mass is 470 g/mol. The van der Waals surface area contributed by atoms with Crippen molar-refractivity contribution in [3.63, 3.8) is 0 Å². The highest BCUT2D eigenvalue weighted by Crippen LogP contribution is 2.30. The minimum absolute atomic E-state index is 0.392. The fourth-order valence-electron chi connectivity index (χ4n) is 4.01. The summed E-state index contributed by atoms with van der Waals surface area (Å²) in [5, 5.41) is 4.55. The quantitative estimate of drug-likeness (QED) is 0.280. The van der Waals surface area contributed by atoms with Gasteiger partial charge in [0.1, 0.15) is 0 Å². The number of nitrogens with zero attached hydrogens (tertiary/aromatic N) is 4. The number of aromatic nitrogens is 4. The van der Waals surface area contributed by atoms with Gasteiger partial charge in [-0.15, -0.1) is 0 Å². The van der Waals surface area contributed by atoms with Crippen molar-refractivity contribution in [1.82, 2.24) is 19.7 Å². The van der Waals surface area contributed by atoms with Gasteiger partial charge in [0, 0.05) is 47.7 Å². The first-order valence-electron chi connectivity index (χ1n) is 11.0. The molecule has 2 aromatic carbocycles. The lowest BCUT2D eigenvalue weighted by Gasteiger charge is -2.11. The van der Waals surface area contributed by atoms with Crippen LogP contribution in [-0.4, -0.2) is 19.7 Å². The summed E-state index contributed by atoms with van der Waals surface area (Å²) in [5.41, 5.74) is 6.62. The van der Waals surface area contributed by atoms with Crippen molar-refractivity contribution in [3.05, 3.63) is 120 Å². The van der Waals surface area contributed by atoms with E-state index < -0.39 is 11.7 Å². The minimum atomic E-state index is -4.36. The summed E-state index contributed by atoms with van der Waals surface area (Å²) in [4.78, 5) is 8.45. The SMILES string of the molecule is Cc1ccc(Cc2cccc(C(F)(F)F)c2)cc1-n1cc(-c2cncc(-c3ccncc3)c2)cn1. The van der Waals surface area contributed by atoms with Crippen molar-refractivity contribution < 1.29 is 13.2 Å². The van der Waals surface area contributed by atoms with E-state index >= 15 is 0 Å². The molecule has 0 radical (unpaired) electrons. The minimum Gasteiger partial charge on any atom is -0.265 e. The second-order valence-electron chi connectivity index (χ2n) is 8.37. The summed E-state index contributed by atoms with van der Waals surface area (Å²) >= 11 is 0. The maximum atomic E-state index is 13.1. The summed E-state index contributed by atoms with van der Waals surface area (Å²) in [5.74, 6) is 0. The van der Waals surface area contributed by atoms with Crippen LogP contribution in [0.25, 0.3) is 27.9 Å². The van der Waals surface area contributed by atoms with Crippen LogP contribution in [0.5, 0.6) is 0 Å². The van der Waals surface area contributed by atoms with E-state index in [1.807, 2.05) is 49.6 Å². The van der Waals surface area contributed by atoms with Crippen LogP contribution >= 0.6 is 0 Å². The zero-order chi connectivity index (χ0) is 24.4. The van der Waals surface area contributed by atoms with Gasteiger partial charge < -0.3 is 0 Å². The van der Waals surface area contributed by atoms with E-state index in [0.717, 1.165) is 45.1 Å². The molecule has 0 saturated heterocycles. The molecule has 0 bridgehead atoms. The van der Waals surface area contributed by atoms with Crippen LogP contribution in [0, 0.1) is 6.92 Å². The molecule has 0 fully saturated rings. The molecule has 0 atom stereocenters. The van der Waals surface area contributed by atoms with E-state index in [2.05, 4.69) is 21.1 Å². The Balaban J connectivity index is 1.43. The number of benzene rings is 2. The molecular formula is C28H21F3N4. The Bertz CT molecular complexity index is 1470. The van der Waals surface area contributed by atoms with E-state index in [1.54, 1.807) is 35.5 Å². The fraction of sp³-hybridized carbons (Fsp3) is 0.107. The first-order valence-corrected chi connectivity index (χ1v) is 11.0. The smallest absolute Gasteiger partial charge is 0.265 e. The van der Waals surface area contributed by atoms with Crippen molar-refractivity contribution >= 4 is 0 Å². The Morgan fingerprint density at radius 1 is 0.743 bits per heavy atom. The van der Waals surface area contributed by atoms with Crippen LogP contribution in [0.1, 0.15) is 22.3 Å². The summed E-state index contributed by atoms with van der Waals surface area (Å²) in [6.07, 6.45) is 6.85. The highest BCUT2D eigenvalue weighted by atomic mass is 19.4. The van der Waals surface area contributed by atoms with Crippen molar-refractivity contribution in [1.29, 1.82) is 0 Å². The molecule has 0 aliphatic heterocycles. The molecule has 174 valence electrons. The zero-order valence-corrected chi connectivity index (χ0v) is 18.9.